The van der Waals surface area contributed by atoms with Crippen LogP contribution >= 0.6 is 11.3 Å². The minimum atomic E-state index is -0.626. The summed E-state index contributed by atoms with van der Waals surface area (Å²) in [5.41, 5.74) is 0.552. The molecule has 1 atom stereocenters. The second-order valence-corrected chi connectivity index (χ2v) is 7.07. The van der Waals surface area contributed by atoms with Crippen LogP contribution < -0.4 is 0 Å². The second-order valence-electron chi connectivity index (χ2n) is 6.13. The first-order valence-electron chi connectivity index (χ1n) is 7.98. The van der Waals surface area contributed by atoms with Crippen LogP contribution in [0, 0.1) is 5.41 Å². The molecule has 4 nitrogen and oxygen atoms in total. The molecule has 1 aliphatic heterocycles. The highest BCUT2D eigenvalue weighted by Gasteiger charge is 2.41. The molecule has 0 spiro atoms. The summed E-state index contributed by atoms with van der Waals surface area (Å²) < 4.78 is 0. The zero-order valence-corrected chi connectivity index (χ0v) is 13.9. The maximum atomic E-state index is 11.7. The van der Waals surface area contributed by atoms with Gasteiger partial charge in [0.1, 0.15) is 0 Å². The first-order chi connectivity index (χ1) is 10.1. The molecule has 5 heteroatoms. The maximum absolute atomic E-state index is 11.7. The van der Waals surface area contributed by atoms with E-state index < -0.39 is 11.4 Å². The van der Waals surface area contributed by atoms with Gasteiger partial charge in [0, 0.05) is 18.5 Å². The smallest absolute Gasteiger partial charge is 0.310 e. The molecule has 1 unspecified atom stereocenters. The van der Waals surface area contributed by atoms with Crippen molar-refractivity contribution >= 4 is 17.3 Å². The number of carboxylic acid groups (broad SMARTS) is 1. The summed E-state index contributed by atoms with van der Waals surface area (Å²) in [6.07, 6.45) is 5.65. The topological polar surface area (TPSA) is 53.4 Å². The first kappa shape index (κ1) is 16.4. The Bertz CT molecular complexity index is 471. The molecular weight excluding hydrogens is 284 g/mol. The Kier molecular flexibility index (Phi) is 5.76. The number of hydrogen-bond acceptors (Lipinski definition) is 4. The van der Waals surface area contributed by atoms with Crippen molar-refractivity contribution in [2.24, 2.45) is 5.41 Å². The van der Waals surface area contributed by atoms with E-state index in [-0.39, 0.29) is 0 Å². The number of thiazole rings is 1. The number of carbonyl (C=O) groups is 1. The number of nitrogens with zero attached hydrogens (tertiary/aromatic N) is 2. The third-order valence-corrected chi connectivity index (χ3v) is 5.24. The van der Waals surface area contributed by atoms with Gasteiger partial charge in [-0.3, -0.25) is 9.69 Å². The Balaban J connectivity index is 2.01. The van der Waals surface area contributed by atoms with E-state index in [0.29, 0.717) is 6.54 Å². The lowest BCUT2D eigenvalue weighted by molar-refractivity contribution is -0.153. The van der Waals surface area contributed by atoms with Crippen LogP contribution in [0.3, 0.4) is 0 Å². The zero-order chi connectivity index (χ0) is 15.3. The summed E-state index contributed by atoms with van der Waals surface area (Å²) in [4.78, 5) is 18.7. The number of piperidine rings is 1. The minimum Gasteiger partial charge on any atom is -0.481 e. The quantitative estimate of drug-likeness (QED) is 0.836. The summed E-state index contributed by atoms with van der Waals surface area (Å²) in [5.74, 6) is -0.626. The zero-order valence-electron chi connectivity index (χ0n) is 13.1. The number of aryl methyl sites for hydroxylation is 1. The van der Waals surface area contributed by atoms with Crippen LogP contribution in [0.5, 0.6) is 0 Å². The van der Waals surface area contributed by atoms with E-state index in [4.69, 9.17) is 0 Å². The Labute approximate surface area is 131 Å². The first-order valence-corrected chi connectivity index (χ1v) is 8.86. The van der Waals surface area contributed by atoms with Crippen LogP contribution in [0.15, 0.2) is 5.38 Å². The summed E-state index contributed by atoms with van der Waals surface area (Å²) in [6.45, 7) is 6.67. The average molecular weight is 310 g/mol. The van der Waals surface area contributed by atoms with Gasteiger partial charge >= 0.3 is 5.97 Å². The van der Waals surface area contributed by atoms with Crippen molar-refractivity contribution in [1.82, 2.24) is 9.88 Å². The maximum Gasteiger partial charge on any atom is 0.310 e. The predicted molar refractivity (Wildman–Crippen MR) is 85.6 cm³/mol. The monoisotopic (exact) mass is 310 g/mol. The fourth-order valence-electron chi connectivity index (χ4n) is 3.31. The molecule has 1 aromatic heterocycles. The van der Waals surface area contributed by atoms with Crippen molar-refractivity contribution < 1.29 is 9.90 Å². The van der Waals surface area contributed by atoms with E-state index in [9.17, 15) is 9.90 Å². The van der Waals surface area contributed by atoms with Crippen LogP contribution in [0.25, 0.3) is 0 Å². The van der Waals surface area contributed by atoms with Gasteiger partial charge in [-0.1, -0.05) is 20.3 Å². The fourth-order valence-corrected chi connectivity index (χ4v) is 4.20. The van der Waals surface area contributed by atoms with Gasteiger partial charge in [-0.25, -0.2) is 4.98 Å². The molecule has 1 N–H and O–H groups in total. The number of hydrogen-bond donors (Lipinski definition) is 1. The lowest BCUT2D eigenvalue weighted by Crippen LogP contribution is -2.47. The van der Waals surface area contributed by atoms with Crippen molar-refractivity contribution in [2.45, 2.75) is 58.9 Å². The van der Waals surface area contributed by atoms with E-state index in [0.717, 1.165) is 57.3 Å². The summed E-state index contributed by atoms with van der Waals surface area (Å²) in [5, 5.41) is 13.0. The highest BCUT2D eigenvalue weighted by molar-refractivity contribution is 7.09. The number of likely N-dealkylation sites (tertiary alicyclic amines) is 1. The van der Waals surface area contributed by atoms with Crippen LogP contribution in [0.2, 0.25) is 0 Å². The van der Waals surface area contributed by atoms with Gasteiger partial charge in [-0.15, -0.1) is 11.3 Å². The molecule has 0 saturated carbocycles. The minimum absolute atomic E-state index is 0.546. The van der Waals surface area contributed by atoms with Gasteiger partial charge < -0.3 is 5.11 Å². The van der Waals surface area contributed by atoms with Crippen LogP contribution in [0.1, 0.15) is 56.7 Å². The molecule has 0 radical (unpaired) electrons. The highest BCUT2D eigenvalue weighted by Crippen LogP contribution is 2.35. The molecule has 1 fully saturated rings. The van der Waals surface area contributed by atoms with Crippen LogP contribution in [-0.2, 0) is 17.8 Å². The van der Waals surface area contributed by atoms with E-state index in [1.54, 1.807) is 11.3 Å². The van der Waals surface area contributed by atoms with Crippen molar-refractivity contribution in [3.8, 4) is 0 Å². The molecule has 118 valence electrons. The Morgan fingerprint density at radius 2 is 2.29 bits per heavy atom. The molecule has 21 heavy (non-hydrogen) atoms. The molecule has 0 bridgehead atoms. The molecule has 0 amide bonds. The molecule has 0 aliphatic carbocycles. The van der Waals surface area contributed by atoms with Gasteiger partial charge in [0.2, 0.25) is 0 Å². The summed E-state index contributed by atoms with van der Waals surface area (Å²) >= 11 is 1.73. The molecule has 2 rings (SSSR count). The van der Waals surface area contributed by atoms with Gasteiger partial charge in [0.05, 0.1) is 16.1 Å². The van der Waals surface area contributed by atoms with Gasteiger partial charge in [0.25, 0.3) is 0 Å². The number of carboxylic acids is 1. The van der Waals surface area contributed by atoms with Crippen molar-refractivity contribution in [3.05, 3.63) is 16.1 Å². The van der Waals surface area contributed by atoms with E-state index in [1.165, 1.54) is 5.01 Å². The van der Waals surface area contributed by atoms with E-state index in [1.807, 2.05) is 0 Å². The third kappa shape index (κ3) is 4.04. The predicted octanol–water partition coefficient (Wildman–Crippen LogP) is 3.56. The second kappa shape index (κ2) is 7.36. The van der Waals surface area contributed by atoms with Crippen LogP contribution in [-0.4, -0.2) is 34.0 Å². The van der Waals surface area contributed by atoms with Crippen molar-refractivity contribution in [3.63, 3.8) is 0 Å². The molecule has 1 aliphatic rings. The van der Waals surface area contributed by atoms with E-state index in [2.05, 4.69) is 29.1 Å². The Hall–Kier alpha value is -0.940. The molecular formula is C16H26N2O2S. The van der Waals surface area contributed by atoms with Crippen molar-refractivity contribution in [1.29, 1.82) is 0 Å². The number of aromatic nitrogens is 1. The summed E-state index contributed by atoms with van der Waals surface area (Å²) in [6, 6.07) is 0. The Morgan fingerprint density at radius 1 is 1.48 bits per heavy atom. The highest BCUT2D eigenvalue weighted by atomic mass is 32.1. The molecule has 1 aromatic rings. The number of aliphatic carboxylic acids is 1. The van der Waals surface area contributed by atoms with Gasteiger partial charge in [-0.05, 0) is 38.6 Å². The van der Waals surface area contributed by atoms with Crippen molar-refractivity contribution in [2.75, 3.05) is 13.1 Å². The normalized spacial score (nSPS) is 23.3. The largest absolute Gasteiger partial charge is 0.481 e. The lowest BCUT2D eigenvalue weighted by atomic mass is 9.76. The fraction of sp³-hybridized carbons (Fsp3) is 0.750. The standard InChI is InChI=1S/C16H26N2O2S/c1-3-6-14-17-13(11-21-14)10-18-9-5-8-16(12-18,7-4-2)15(19)20/h11H,3-10,12H2,1-2H3,(H,19,20). The molecule has 0 aromatic carbocycles. The molecule has 1 saturated heterocycles. The van der Waals surface area contributed by atoms with E-state index >= 15 is 0 Å². The SMILES string of the molecule is CCCc1nc(CN2CCCC(CCC)(C(=O)O)C2)cs1. The third-order valence-electron chi connectivity index (χ3n) is 4.29. The van der Waals surface area contributed by atoms with Gasteiger partial charge in [0.15, 0.2) is 0 Å². The van der Waals surface area contributed by atoms with Crippen LogP contribution in [0.4, 0.5) is 0 Å². The Morgan fingerprint density at radius 3 is 2.95 bits per heavy atom. The molecule has 2 heterocycles. The number of rotatable bonds is 7. The average Bonchev–Trinajstić information content (AvgIpc) is 2.87. The lowest BCUT2D eigenvalue weighted by Gasteiger charge is -2.39. The summed E-state index contributed by atoms with van der Waals surface area (Å²) in [7, 11) is 0. The van der Waals surface area contributed by atoms with Gasteiger partial charge in [-0.2, -0.15) is 0 Å².